The summed E-state index contributed by atoms with van der Waals surface area (Å²) in [6.45, 7) is 0.433. The predicted octanol–water partition coefficient (Wildman–Crippen LogP) is 5.03. The molecule has 1 aliphatic rings. The molecule has 0 saturated carbocycles. The van der Waals surface area contributed by atoms with Crippen molar-refractivity contribution in [2.75, 3.05) is 12.3 Å². The largest absolute Gasteiger partial charge is 0.285 e. The van der Waals surface area contributed by atoms with E-state index in [1.165, 1.54) is 32.4 Å². The van der Waals surface area contributed by atoms with Crippen molar-refractivity contribution in [2.24, 2.45) is 0 Å². The Morgan fingerprint density at radius 2 is 1.71 bits per heavy atom. The van der Waals surface area contributed by atoms with Crippen LogP contribution in [0.3, 0.4) is 0 Å². The molecule has 0 aromatic heterocycles. The number of sulfonamides is 1. The van der Waals surface area contributed by atoms with Gasteiger partial charge in [0.15, 0.2) is 0 Å². The molecule has 1 fully saturated rings. The van der Waals surface area contributed by atoms with Gasteiger partial charge < -0.3 is 0 Å². The number of nitrogens with zero attached hydrogens (tertiary/aromatic N) is 1. The molecule has 4 rings (SSSR count). The van der Waals surface area contributed by atoms with E-state index in [0.717, 1.165) is 24.8 Å². The molecule has 0 amide bonds. The highest BCUT2D eigenvalue weighted by atomic mass is 32.2. The maximum absolute atomic E-state index is 12.9. The highest BCUT2D eigenvalue weighted by Crippen LogP contribution is 2.28. The second-order valence-electron chi connectivity index (χ2n) is 7.92. The van der Waals surface area contributed by atoms with Gasteiger partial charge in [-0.3, -0.25) is 4.79 Å². The van der Waals surface area contributed by atoms with Crippen molar-refractivity contribution in [1.29, 1.82) is 0 Å². The zero-order chi connectivity index (χ0) is 21.7. The predicted molar refractivity (Wildman–Crippen MR) is 129 cm³/mol. The smallest absolute Gasteiger partial charge is 0.218 e. The van der Waals surface area contributed by atoms with Crippen LogP contribution in [0.5, 0.6) is 0 Å². The normalized spacial score (nSPS) is 17.2. The molecular weight excluding hydrogens is 426 g/mol. The van der Waals surface area contributed by atoms with Crippen LogP contribution in [0.15, 0.2) is 72.8 Å². The molecular formula is C25H27NO3S2. The summed E-state index contributed by atoms with van der Waals surface area (Å²) in [4.78, 5) is 12.8. The van der Waals surface area contributed by atoms with Crippen LogP contribution in [0, 0.1) is 0 Å². The van der Waals surface area contributed by atoms with Crippen molar-refractivity contribution in [3.05, 3.63) is 83.9 Å². The summed E-state index contributed by atoms with van der Waals surface area (Å²) in [7, 11) is -3.51. The van der Waals surface area contributed by atoms with Crippen molar-refractivity contribution in [2.45, 2.75) is 37.5 Å². The third-order valence-corrected chi connectivity index (χ3v) is 8.64. The summed E-state index contributed by atoms with van der Waals surface area (Å²) in [5, 5.41) is 2.47. The number of benzene rings is 3. The van der Waals surface area contributed by atoms with E-state index >= 15 is 0 Å². The summed E-state index contributed by atoms with van der Waals surface area (Å²) < 4.78 is 27.3. The molecule has 0 aliphatic carbocycles. The van der Waals surface area contributed by atoms with E-state index < -0.39 is 16.1 Å². The van der Waals surface area contributed by atoms with Crippen LogP contribution in [0.25, 0.3) is 10.8 Å². The molecule has 0 radical (unpaired) electrons. The lowest BCUT2D eigenvalue weighted by molar-refractivity contribution is -0.113. The van der Waals surface area contributed by atoms with Gasteiger partial charge in [0.05, 0.1) is 11.8 Å². The van der Waals surface area contributed by atoms with Gasteiger partial charge in [0, 0.05) is 12.3 Å². The fourth-order valence-corrected chi connectivity index (χ4v) is 6.99. The Labute approximate surface area is 188 Å². The van der Waals surface area contributed by atoms with Crippen molar-refractivity contribution in [3.63, 3.8) is 0 Å². The van der Waals surface area contributed by atoms with Gasteiger partial charge in [0.1, 0.15) is 0 Å². The monoisotopic (exact) mass is 453 g/mol. The van der Waals surface area contributed by atoms with E-state index in [0.29, 0.717) is 18.7 Å². The lowest BCUT2D eigenvalue weighted by atomic mass is 10.0. The first-order chi connectivity index (χ1) is 15.0. The maximum Gasteiger partial charge on any atom is 0.218 e. The fourth-order valence-electron chi connectivity index (χ4n) is 4.22. The number of rotatable bonds is 8. The van der Waals surface area contributed by atoms with Crippen molar-refractivity contribution in [3.8, 4) is 0 Å². The molecule has 3 aromatic carbocycles. The Morgan fingerprint density at radius 1 is 0.968 bits per heavy atom. The first-order valence-corrected chi connectivity index (χ1v) is 13.3. The number of carbonyl (C=O) groups is 1. The Bertz CT molecular complexity index is 1140. The molecule has 0 bridgehead atoms. The minimum absolute atomic E-state index is 0.0212. The Balaban J connectivity index is 1.32. The van der Waals surface area contributed by atoms with E-state index in [4.69, 9.17) is 0 Å². The fraction of sp³-hybridized carbons (Fsp3) is 0.320. The topological polar surface area (TPSA) is 54.5 Å². The number of aryl methyl sites for hydroxylation is 1. The van der Waals surface area contributed by atoms with Gasteiger partial charge in [-0.1, -0.05) is 84.6 Å². The van der Waals surface area contributed by atoms with Crippen molar-refractivity contribution in [1.82, 2.24) is 4.31 Å². The highest BCUT2D eigenvalue weighted by Gasteiger charge is 2.38. The van der Waals surface area contributed by atoms with Crippen LogP contribution in [0.1, 0.15) is 30.4 Å². The van der Waals surface area contributed by atoms with E-state index in [1.807, 2.05) is 36.4 Å². The van der Waals surface area contributed by atoms with E-state index in [9.17, 15) is 13.2 Å². The van der Waals surface area contributed by atoms with Crippen LogP contribution in [-0.2, 0) is 27.0 Å². The summed E-state index contributed by atoms with van der Waals surface area (Å²) in [5.74, 6) is 0.647. The molecule has 1 saturated heterocycles. The third kappa shape index (κ3) is 5.37. The highest BCUT2D eigenvalue weighted by molar-refractivity contribution is 8.13. The number of thioether (sulfide) groups is 1. The van der Waals surface area contributed by atoms with Crippen LogP contribution in [0.4, 0.5) is 0 Å². The van der Waals surface area contributed by atoms with E-state index in [2.05, 4.69) is 36.4 Å². The number of hydrogen-bond acceptors (Lipinski definition) is 4. The molecule has 6 heteroatoms. The zero-order valence-electron chi connectivity index (χ0n) is 17.4. The zero-order valence-corrected chi connectivity index (χ0v) is 19.1. The lowest BCUT2D eigenvalue weighted by Gasteiger charge is -2.22. The van der Waals surface area contributed by atoms with Gasteiger partial charge in [-0.05, 0) is 47.6 Å². The molecule has 0 N–H and O–H groups in total. The average molecular weight is 454 g/mol. The second-order valence-corrected chi connectivity index (χ2v) is 10.9. The number of fused-ring (bicyclic) bond motifs is 1. The SMILES string of the molecule is O=C(SCCCc1cccc2ccccc12)[C@@H]1CCCN1S(=O)(=O)Cc1ccccc1. The van der Waals surface area contributed by atoms with E-state index in [1.54, 1.807) is 0 Å². The van der Waals surface area contributed by atoms with Crippen LogP contribution < -0.4 is 0 Å². The summed E-state index contributed by atoms with van der Waals surface area (Å²) in [6.07, 6.45) is 3.14. The lowest BCUT2D eigenvalue weighted by Crippen LogP contribution is -2.40. The van der Waals surface area contributed by atoms with Gasteiger partial charge in [-0.25, -0.2) is 8.42 Å². The van der Waals surface area contributed by atoms with Gasteiger partial charge in [-0.2, -0.15) is 4.31 Å². The first-order valence-electron chi connectivity index (χ1n) is 10.7. The minimum atomic E-state index is -3.51. The maximum atomic E-state index is 12.9. The van der Waals surface area contributed by atoms with Gasteiger partial charge in [-0.15, -0.1) is 0 Å². The molecule has 4 nitrogen and oxygen atoms in total. The first kappa shape index (κ1) is 22.1. The molecule has 3 aromatic rings. The molecule has 0 unspecified atom stereocenters. The summed E-state index contributed by atoms with van der Waals surface area (Å²) in [5.41, 5.74) is 2.04. The van der Waals surface area contributed by atoms with Crippen molar-refractivity contribution >= 4 is 37.7 Å². The molecule has 1 atom stereocenters. The standard InChI is InChI=1S/C25H27NO3S2/c27-25(30-18-8-14-22-13-6-12-21-11-4-5-15-23(21)22)24-16-7-17-26(24)31(28,29)19-20-9-2-1-3-10-20/h1-6,9-13,15,24H,7-8,14,16-19H2/t24-/m0/s1. The Morgan fingerprint density at radius 3 is 2.55 bits per heavy atom. The minimum Gasteiger partial charge on any atom is -0.285 e. The average Bonchev–Trinajstić information content (AvgIpc) is 3.28. The van der Waals surface area contributed by atoms with Gasteiger partial charge >= 0.3 is 0 Å². The van der Waals surface area contributed by atoms with Crippen LogP contribution in [0.2, 0.25) is 0 Å². The molecule has 1 aliphatic heterocycles. The summed E-state index contributed by atoms with van der Waals surface area (Å²) >= 11 is 1.28. The third-order valence-electron chi connectivity index (χ3n) is 5.74. The summed E-state index contributed by atoms with van der Waals surface area (Å²) in [6, 6.07) is 23.3. The van der Waals surface area contributed by atoms with Crippen LogP contribution in [-0.4, -0.2) is 36.2 Å². The number of hydrogen-bond donors (Lipinski definition) is 0. The molecule has 31 heavy (non-hydrogen) atoms. The molecule has 0 spiro atoms. The quantitative estimate of drug-likeness (QED) is 0.449. The van der Waals surface area contributed by atoms with Gasteiger partial charge in [0.2, 0.25) is 15.1 Å². The molecule has 1 heterocycles. The van der Waals surface area contributed by atoms with Gasteiger partial charge in [0.25, 0.3) is 0 Å². The number of carbonyl (C=O) groups excluding carboxylic acids is 1. The van der Waals surface area contributed by atoms with Crippen molar-refractivity contribution < 1.29 is 13.2 Å². The van der Waals surface area contributed by atoms with E-state index in [-0.39, 0.29) is 10.9 Å². The Kier molecular flexibility index (Phi) is 7.10. The van der Waals surface area contributed by atoms with Crippen LogP contribution >= 0.6 is 11.8 Å². The second kappa shape index (κ2) is 9.98. The molecule has 162 valence electrons. The Hall–Kier alpha value is -2.15.